The van der Waals surface area contributed by atoms with Crippen molar-refractivity contribution in [1.29, 1.82) is 0 Å². The minimum atomic E-state index is -2.50. The number of hydrogen-bond acceptors (Lipinski definition) is 18. The van der Waals surface area contributed by atoms with Crippen molar-refractivity contribution in [2.24, 2.45) is 104 Å². The minimum Gasteiger partial charge on any atom is -0.408 e. The molecule has 6 heterocycles. The number of aromatic nitrogens is 8. The molecule has 0 spiro atoms. The molecule has 0 bridgehead atoms. The van der Waals surface area contributed by atoms with Crippen LogP contribution in [0.2, 0.25) is 72.5 Å². The van der Waals surface area contributed by atoms with E-state index in [1.807, 2.05) is 9.80 Å². The molecule has 0 unspecified atom stereocenters. The summed E-state index contributed by atoms with van der Waals surface area (Å²) in [6.07, 6.45) is 20.8. The van der Waals surface area contributed by atoms with Crippen molar-refractivity contribution in [3.8, 4) is 0 Å². The zero-order valence-electron chi connectivity index (χ0n) is 86.3. The number of ether oxygens (including phenoxy) is 2. The van der Waals surface area contributed by atoms with Crippen LogP contribution in [0.4, 0.5) is 21.5 Å². The third-order valence-electron chi connectivity index (χ3n) is 39.6. The number of primary amides is 2. The number of rotatable bonds is 28. The number of anilines is 2. The van der Waals surface area contributed by atoms with E-state index in [0.717, 1.165) is 75.3 Å². The van der Waals surface area contributed by atoms with Gasteiger partial charge in [0.05, 0.1) is 12.7 Å². The molecular formula is C102H170N16O12Si4. The Morgan fingerprint density at radius 1 is 0.493 bits per heavy atom. The Morgan fingerprint density at radius 3 is 1.17 bits per heavy atom. The lowest BCUT2D eigenvalue weighted by Gasteiger charge is -2.62. The van der Waals surface area contributed by atoms with Gasteiger partial charge < -0.3 is 70.5 Å². The van der Waals surface area contributed by atoms with Gasteiger partial charge in [-0.15, -0.1) is 0 Å². The van der Waals surface area contributed by atoms with Gasteiger partial charge in [0.25, 0.3) is 11.1 Å². The van der Waals surface area contributed by atoms with Crippen molar-refractivity contribution in [1.82, 2.24) is 59.5 Å². The van der Waals surface area contributed by atoms with E-state index in [1.54, 1.807) is 21.8 Å². The summed E-state index contributed by atoms with van der Waals surface area (Å²) in [6, 6.07) is 7.81. The van der Waals surface area contributed by atoms with Crippen LogP contribution in [0.5, 0.6) is 0 Å². The molecule has 2 saturated heterocycles. The van der Waals surface area contributed by atoms with Gasteiger partial charge in [-0.1, -0.05) is 149 Å². The van der Waals surface area contributed by atoms with Crippen LogP contribution < -0.4 is 44.7 Å². The Kier molecular flexibility index (Phi) is 28.4. The average molecular weight is 1920 g/mol. The van der Waals surface area contributed by atoms with Crippen molar-refractivity contribution in [2.75, 3.05) is 24.6 Å². The highest BCUT2D eigenvalue weighted by Crippen LogP contribution is 2.71. The smallest absolute Gasteiger partial charge is 0.315 e. The molecule has 10 aliphatic rings. The van der Waals surface area contributed by atoms with E-state index in [0.29, 0.717) is 108 Å². The maximum atomic E-state index is 14.4. The summed E-state index contributed by atoms with van der Waals surface area (Å²) in [6.45, 7) is 60.9. The Balaban J connectivity index is 0.528. The number of imidazole rings is 2. The fourth-order valence-corrected chi connectivity index (χ4v) is 33.0. The number of benzene rings is 1. The van der Waals surface area contributed by atoms with Crippen LogP contribution in [0.3, 0.4) is 0 Å². The molecule has 26 atom stereocenters. The highest BCUT2D eigenvalue weighted by Gasteiger charge is 2.65. The molecule has 6 amide bonds. The van der Waals surface area contributed by atoms with Crippen LogP contribution in [0.25, 0.3) is 22.3 Å². The molecule has 0 radical (unpaired) electrons. The molecule has 10 fully saturated rings. The van der Waals surface area contributed by atoms with Gasteiger partial charge in [0, 0.05) is 51.1 Å². The van der Waals surface area contributed by atoms with Crippen molar-refractivity contribution >= 4 is 91.4 Å². The predicted molar refractivity (Wildman–Crippen MR) is 539 cm³/mol. The van der Waals surface area contributed by atoms with Gasteiger partial charge in [0.1, 0.15) is 36.6 Å². The molecule has 746 valence electrons. The lowest BCUT2D eigenvalue weighted by molar-refractivity contribution is -0.125. The number of H-pyrrole nitrogens is 2. The van der Waals surface area contributed by atoms with Crippen LogP contribution in [-0.2, 0) is 49.9 Å². The predicted octanol–water partition coefficient (Wildman–Crippen LogP) is 19.4. The van der Waals surface area contributed by atoms with Gasteiger partial charge in [-0.05, 0) is 305 Å². The van der Waals surface area contributed by atoms with Crippen LogP contribution in [-0.4, -0.2) is 168 Å². The van der Waals surface area contributed by atoms with E-state index in [1.165, 1.54) is 64.2 Å². The lowest BCUT2D eigenvalue weighted by Crippen LogP contribution is -2.56. The molecule has 8 saturated carbocycles. The summed E-state index contributed by atoms with van der Waals surface area (Å²) in [7, 11) is -9.97. The SMILES string of the molecule is C[C@H](CCC(=O)NC[C@H]1O[C@@H](n2cnc3c(=O)[nH]c(N)nc32)[C@H](O[Si](C)(C)C(C)(C)C)[C@@H]1O[Si](C)(C)C(C)(C)C)[C@H]1CC[C@H]2[C@@H]3CC[C@H]4C[C@H](N(Cc5cccc(CN(C(N)=O)[C@@H]6CC[C@@]7(C)[C@@H](CC[C@@H]8[C@@H]7CC[C@]7(C)[C@@H]([C@H](C)CCC(=O)NC[C@H]9O[C@@H](n%10cnc%11c(=O)[nH]c(N)nc%11%10)[C@H](O[Si](C)(C)C(C)(C)C)[C@@H]9O[Si](C)(C)C(C)(C)C)CC[C@@H]87)C6)c5)C(N)=O)CC[C@]4(C)[C@H]3CC[C@]12C. The second-order valence-electron chi connectivity index (χ2n) is 51.1. The first kappa shape index (κ1) is 102. The molecular weight excluding hydrogens is 1750 g/mol. The Labute approximate surface area is 802 Å². The highest BCUT2D eigenvalue weighted by molar-refractivity contribution is 6.75. The normalized spacial score (nSPS) is 34.2. The Bertz CT molecular complexity index is 4910. The molecule has 1 aromatic carbocycles. The number of urea groups is 2. The Hall–Kier alpha value is -6.37. The van der Waals surface area contributed by atoms with Crippen LogP contribution in [0, 0.1) is 92.7 Å². The van der Waals surface area contributed by atoms with Crippen molar-refractivity contribution in [3.63, 3.8) is 0 Å². The standard InChI is InChI=1S/C102H170N16O12Si4/c1-59(30-40-77(119)107-53-75-81(127-131(19,20)95(3,4)5)83(129-133(23,24)97(9,10)11)89(125-75)117-57-109-79-85(117)111-91(103)113-87(79)121)69-36-38-71-67-34-32-63-51-65(42-46-99(63,15)73(67)44-48-101(69,71)17)115(93(105)123)55-61-28-27-29-62(50-61)56-116(94(106)124)66-43-47-100(16)64(52-66)33-35-68-72-39-37-70(102(72,18)49-45-74(68)100)60(2)31-41-78(120)108-54-76-82(128-132(21,22)96(6,7)8)84(130-134(25,26)98(12,13)14)90(126-76)118-58-110-80-86(118)112-92(104)114-88(80)122/h27-29,50,57-60,63-76,81-84,89-90H,30-49,51-56H2,1-26H3,(H2,105,123)(H2,106,124)(H,107,119)(H,108,120)(H3,103,111,113,121)(H3,104,112,114,122)/t59-,60-,63+,64+,65-,66-,67+,68+,69-,70-,71+,72+,73+,74+,75-,76-,81-,82-,83-,84-,89-,90-,99+,100+,101-,102-/m1/s1. The van der Waals surface area contributed by atoms with Crippen LogP contribution >= 0.6 is 0 Å². The van der Waals surface area contributed by atoms with Gasteiger partial charge in [-0.3, -0.25) is 38.3 Å². The largest absolute Gasteiger partial charge is 0.408 e. The fraction of sp³-hybridized carbons (Fsp3) is 0.804. The van der Waals surface area contributed by atoms with Gasteiger partial charge in [0.2, 0.25) is 23.7 Å². The van der Waals surface area contributed by atoms with Crippen molar-refractivity contribution in [2.45, 2.75) is 413 Å². The van der Waals surface area contributed by atoms with Gasteiger partial charge in [-0.2, -0.15) is 9.97 Å². The van der Waals surface area contributed by atoms with E-state index in [2.05, 4.69) is 242 Å². The van der Waals surface area contributed by atoms with Gasteiger partial charge >= 0.3 is 12.1 Å². The molecule has 5 aromatic rings. The second-order valence-corrected chi connectivity index (χ2v) is 70.1. The average Bonchev–Trinajstić information content (AvgIpc) is 1.42. The number of amides is 6. The van der Waals surface area contributed by atoms with Gasteiger partial charge in [-0.25, -0.2) is 19.6 Å². The molecule has 4 aromatic heterocycles. The third kappa shape index (κ3) is 19.3. The molecule has 32 heteroatoms. The van der Waals surface area contributed by atoms with Crippen LogP contribution in [0.1, 0.15) is 289 Å². The van der Waals surface area contributed by atoms with E-state index in [-0.39, 0.29) is 114 Å². The topological polar surface area (TPSA) is 385 Å². The summed E-state index contributed by atoms with van der Waals surface area (Å²) in [5.74, 6) is 6.55. The van der Waals surface area contributed by atoms with E-state index in [4.69, 9.17) is 50.1 Å². The summed E-state index contributed by atoms with van der Waals surface area (Å²) in [5.41, 5.74) is 28.1. The fourth-order valence-electron chi connectivity index (χ4n) is 27.8. The minimum absolute atomic E-state index is 0.00531. The number of carbonyl (C=O) groups excluding carboxylic acids is 4. The summed E-state index contributed by atoms with van der Waals surface area (Å²) in [5, 5.41) is 6.09. The number of nitrogens with two attached hydrogens (primary N) is 4. The number of aromatic amines is 2. The maximum absolute atomic E-state index is 14.4. The summed E-state index contributed by atoms with van der Waals surface area (Å²) < 4.78 is 47.1. The van der Waals surface area contributed by atoms with E-state index >= 15 is 0 Å². The molecule has 8 aliphatic carbocycles. The first-order valence-electron chi connectivity index (χ1n) is 51.5. The molecule has 134 heavy (non-hydrogen) atoms. The molecule has 15 rings (SSSR count). The quantitative estimate of drug-likeness (QED) is 0.0216. The van der Waals surface area contributed by atoms with Crippen molar-refractivity contribution < 1.29 is 46.4 Å². The third-order valence-corrected chi connectivity index (χ3v) is 57.5. The van der Waals surface area contributed by atoms with E-state index in [9.17, 15) is 28.8 Å². The monoisotopic (exact) mass is 1920 g/mol. The van der Waals surface area contributed by atoms with Gasteiger partial charge in [0.15, 0.2) is 68.1 Å². The number of fused-ring (bicyclic) bond motifs is 12. The Morgan fingerprint density at radius 2 is 0.828 bits per heavy atom. The molecule has 2 aliphatic heterocycles. The first-order chi connectivity index (χ1) is 62.3. The zero-order valence-corrected chi connectivity index (χ0v) is 90.3. The zero-order chi connectivity index (χ0) is 97.6. The number of nitrogen functional groups attached to an aromatic ring is 2. The van der Waals surface area contributed by atoms with E-state index < -0.39 is 93.5 Å². The number of nitrogens with zero attached hydrogens (tertiary/aromatic N) is 8. The second kappa shape index (κ2) is 37.2. The summed E-state index contributed by atoms with van der Waals surface area (Å²) in [4.78, 5) is 110. The number of nitrogens with one attached hydrogen (secondary N) is 4. The first-order valence-corrected chi connectivity index (χ1v) is 63.1. The molecule has 28 nitrogen and oxygen atoms in total. The number of hydrogen-bond donors (Lipinski definition) is 8. The van der Waals surface area contributed by atoms with Crippen molar-refractivity contribution in [3.05, 3.63) is 68.8 Å². The number of carbonyl (C=O) groups is 4. The molecule has 12 N–H and O–H groups in total. The maximum Gasteiger partial charge on any atom is 0.315 e. The summed E-state index contributed by atoms with van der Waals surface area (Å²) >= 11 is 0. The van der Waals surface area contributed by atoms with Crippen LogP contribution in [0.15, 0.2) is 46.5 Å². The lowest BCUT2D eigenvalue weighted by atomic mass is 9.44. The highest BCUT2D eigenvalue weighted by atomic mass is 28.4.